The van der Waals surface area contributed by atoms with Crippen molar-refractivity contribution in [2.75, 3.05) is 48.8 Å². The summed E-state index contributed by atoms with van der Waals surface area (Å²) in [6.45, 7) is 4.71. The van der Waals surface area contributed by atoms with Gasteiger partial charge in [0.25, 0.3) is 17.4 Å². The van der Waals surface area contributed by atoms with Crippen LogP contribution in [0.1, 0.15) is 45.8 Å². The van der Waals surface area contributed by atoms with Gasteiger partial charge in [0.15, 0.2) is 0 Å². The molecule has 0 saturated carbocycles. The van der Waals surface area contributed by atoms with E-state index in [4.69, 9.17) is 0 Å². The molecule has 0 unspecified atom stereocenters. The largest absolute Gasteiger partial charge is 0.384 e. The van der Waals surface area contributed by atoms with Gasteiger partial charge in [-0.15, -0.1) is 0 Å². The first kappa shape index (κ1) is 38.3. The van der Waals surface area contributed by atoms with Gasteiger partial charge in [-0.2, -0.15) is 4.98 Å². The molecule has 5 N–H and O–H groups in total. The number of benzene rings is 3. The van der Waals surface area contributed by atoms with Gasteiger partial charge in [0.2, 0.25) is 5.95 Å². The first-order valence-electron chi connectivity index (χ1n) is 18.0. The second-order valence-electron chi connectivity index (χ2n) is 13.9. The number of piperazine rings is 1. The third-order valence-electron chi connectivity index (χ3n) is 9.52. The fourth-order valence-electron chi connectivity index (χ4n) is 6.50. The molecule has 0 radical (unpaired) electrons. The molecule has 0 atom stereocenters. The molecular formula is C40H38F2N10O5. The number of nitrogens with one attached hydrogen (secondary N) is 4. The minimum Gasteiger partial charge on any atom is -0.384 e. The Morgan fingerprint density at radius 3 is 2.33 bits per heavy atom. The highest BCUT2D eigenvalue weighted by molar-refractivity contribution is 5.99. The van der Waals surface area contributed by atoms with Gasteiger partial charge < -0.3 is 30.9 Å². The van der Waals surface area contributed by atoms with Crippen molar-refractivity contribution >= 4 is 51.7 Å². The summed E-state index contributed by atoms with van der Waals surface area (Å²) in [5.41, 5.74) is -0.253. The number of anilines is 5. The molecule has 1 aliphatic rings. The maximum absolute atomic E-state index is 15.1. The number of halogens is 2. The number of aromatic nitrogens is 5. The number of hydrogen-bond donors (Lipinski definition) is 5. The number of carbonyl (C=O) groups excluding carboxylic acids is 2. The summed E-state index contributed by atoms with van der Waals surface area (Å²) in [5.74, 6) is -1.60. The summed E-state index contributed by atoms with van der Waals surface area (Å²) in [4.78, 5) is 70.2. The van der Waals surface area contributed by atoms with Gasteiger partial charge in [-0.3, -0.25) is 23.9 Å². The highest BCUT2D eigenvalue weighted by Gasteiger charge is 2.25. The first-order chi connectivity index (χ1) is 27.3. The Bertz CT molecular complexity index is 2620. The van der Waals surface area contributed by atoms with Gasteiger partial charge in [-0.25, -0.2) is 23.5 Å². The molecule has 17 heteroatoms. The Hall–Kier alpha value is -7.01. The Morgan fingerprint density at radius 2 is 1.61 bits per heavy atom. The molecule has 3 aromatic heterocycles. The second-order valence-corrected chi connectivity index (χ2v) is 13.9. The zero-order chi connectivity index (χ0) is 40.4. The quantitative estimate of drug-likeness (QED) is 0.134. The molecule has 57 heavy (non-hydrogen) atoms. The van der Waals surface area contributed by atoms with Crippen LogP contribution in [0.2, 0.25) is 0 Å². The van der Waals surface area contributed by atoms with Crippen molar-refractivity contribution in [3.8, 4) is 0 Å². The van der Waals surface area contributed by atoms with Crippen LogP contribution < -0.4 is 32.1 Å². The van der Waals surface area contributed by atoms with Crippen molar-refractivity contribution < 1.29 is 23.5 Å². The molecule has 1 aliphatic heterocycles. The van der Waals surface area contributed by atoms with E-state index in [1.54, 1.807) is 36.9 Å². The molecule has 6 aromatic rings. The van der Waals surface area contributed by atoms with Crippen LogP contribution in [0.25, 0.3) is 10.9 Å². The highest BCUT2D eigenvalue weighted by Crippen LogP contribution is 2.26. The zero-order valence-electron chi connectivity index (χ0n) is 31.1. The van der Waals surface area contributed by atoms with Gasteiger partial charge in [-0.05, 0) is 80.1 Å². The van der Waals surface area contributed by atoms with Crippen LogP contribution in [0.4, 0.5) is 37.7 Å². The van der Waals surface area contributed by atoms with Gasteiger partial charge in [-0.1, -0.05) is 18.2 Å². The molecule has 0 bridgehead atoms. The minimum absolute atomic E-state index is 0.0802. The molecular weight excluding hydrogens is 739 g/mol. The van der Waals surface area contributed by atoms with Crippen molar-refractivity contribution in [3.05, 3.63) is 140 Å². The van der Waals surface area contributed by atoms with Gasteiger partial charge in [0.05, 0.1) is 28.7 Å². The predicted molar refractivity (Wildman–Crippen MR) is 210 cm³/mol. The lowest BCUT2D eigenvalue weighted by atomic mass is 10.1. The maximum Gasteiger partial charge on any atom is 0.329 e. The number of pyridine rings is 1. The van der Waals surface area contributed by atoms with E-state index in [-0.39, 0.29) is 40.3 Å². The summed E-state index contributed by atoms with van der Waals surface area (Å²) >= 11 is 0. The van der Waals surface area contributed by atoms with Crippen LogP contribution in [-0.4, -0.2) is 79.6 Å². The molecule has 0 spiro atoms. The third-order valence-corrected chi connectivity index (χ3v) is 9.52. The van der Waals surface area contributed by atoms with Crippen molar-refractivity contribution in [3.63, 3.8) is 0 Å². The molecule has 1 fully saturated rings. The topological polar surface area (TPSA) is 190 Å². The molecule has 15 nitrogen and oxygen atoms in total. The number of H-pyrrole nitrogens is 1. The molecule has 0 aliphatic carbocycles. The number of rotatable bonds is 10. The van der Waals surface area contributed by atoms with Crippen molar-refractivity contribution in [1.29, 1.82) is 0 Å². The monoisotopic (exact) mass is 776 g/mol. The normalized spacial score (nSPS) is 13.1. The lowest BCUT2D eigenvalue weighted by Gasteiger charge is -2.36. The van der Waals surface area contributed by atoms with Crippen LogP contribution in [0.5, 0.6) is 0 Å². The van der Waals surface area contributed by atoms with Crippen LogP contribution in [-0.2, 0) is 12.1 Å². The fourth-order valence-corrected chi connectivity index (χ4v) is 6.50. The lowest BCUT2D eigenvalue weighted by Crippen LogP contribution is -2.49. The van der Waals surface area contributed by atoms with E-state index in [1.807, 2.05) is 24.3 Å². The number of carbonyl (C=O) groups is 2. The Labute approximate surface area is 324 Å². The van der Waals surface area contributed by atoms with Crippen LogP contribution in [0.15, 0.2) is 94.6 Å². The third kappa shape index (κ3) is 8.18. The first-order valence-corrected chi connectivity index (χ1v) is 18.0. The zero-order valence-corrected chi connectivity index (χ0v) is 31.1. The van der Waals surface area contributed by atoms with Crippen molar-refractivity contribution in [2.24, 2.45) is 0 Å². The highest BCUT2D eigenvalue weighted by atomic mass is 19.1. The molecule has 1 saturated heterocycles. The summed E-state index contributed by atoms with van der Waals surface area (Å²) in [7, 11) is 1.50. The smallest absolute Gasteiger partial charge is 0.329 e. The molecule has 292 valence electrons. The number of amides is 2. The predicted octanol–water partition coefficient (Wildman–Crippen LogP) is 4.24. The van der Waals surface area contributed by atoms with Crippen LogP contribution in [0.3, 0.4) is 0 Å². The molecule has 3 aromatic carbocycles. The molecule has 4 heterocycles. The summed E-state index contributed by atoms with van der Waals surface area (Å²) in [5, 5.41) is 18.9. The SMILES string of the molecule is CNC(=O)c1cnc(Nc2ccc(N3CCN(C(=O)c4cc(Cn5c(=O)[nH]c(=O)c6c(F)cccc65)ccc4F)CC3)cc2)nc1Nc1cccc(C(C)(C)O)n1. The van der Waals surface area contributed by atoms with E-state index >= 15 is 4.39 Å². The summed E-state index contributed by atoms with van der Waals surface area (Å²) < 4.78 is 30.7. The van der Waals surface area contributed by atoms with Crippen molar-refractivity contribution in [1.82, 2.24) is 34.7 Å². The number of aliphatic hydroxyl groups is 1. The number of aromatic amines is 1. The summed E-state index contributed by atoms with van der Waals surface area (Å²) in [6, 6.07) is 20.5. The van der Waals surface area contributed by atoms with E-state index in [2.05, 4.69) is 40.8 Å². The fraction of sp³-hybridized carbons (Fsp3) is 0.225. The lowest BCUT2D eigenvalue weighted by molar-refractivity contribution is 0.0734. The average Bonchev–Trinajstić information content (AvgIpc) is 3.19. The van der Waals surface area contributed by atoms with E-state index in [1.165, 1.54) is 42.1 Å². The average molecular weight is 777 g/mol. The van der Waals surface area contributed by atoms with Crippen LogP contribution in [0, 0.1) is 11.6 Å². The van der Waals surface area contributed by atoms with E-state index in [0.29, 0.717) is 48.9 Å². The number of fused-ring (bicyclic) bond motifs is 1. The van der Waals surface area contributed by atoms with Gasteiger partial charge in [0, 0.05) is 50.8 Å². The Morgan fingerprint density at radius 1 is 0.877 bits per heavy atom. The Balaban J connectivity index is 1.00. The van der Waals surface area contributed by atoms with Crippen molar-refractivity contribution in [2.45, 2.75) is 26.0 Å². The maximum atomic E-state index is 15.1. The standard InChI is InChI=1S/C40H38F2N10O5/c1-40(2,57)31-8-5-9-32(46-31)47-34-27(35(53)43-3)21-44-38(48-34)45-24-11-13-25(14-12-24)50-16-18-51(19-17-50)37(55)26-20-23(10-15-28(26)41)22-52-30-7-4-6-29(42)33(30)36(54)49-39(52)56/h4-15,20-21,57H,16-19,22H2,1-3H3,(H,43,53)(H,49,54,56)(H2,44,45,46,47,48). The van der Waals surface area contributed by atoms with E-state index in [0.717, 1.165) is 17.8 Å². The van der Waals surface area contributed by atoms with Gasteiger partial charge >= 0.3 is 5.69 Å². The van der Waals surface area contributed by atoms with Crippen LogP contribution >= 0.6 is 0 Å². The molecule has 7 rings (SSSR count). The van der Waals surface area contributed by atoms with E-state index in [9.17, 15) is 28.7 Å². The van der Waals surface area contributed by atoms with E-state index < -0.39 is 40.3 Å². The number of hydrogen-bond acceptors (Lipinski definition) is 11. The molecule has 2 amide bonds. The minimum atomic E-state index is -1.18. The Kier molecular flexibility index (Phi) is 10.5. The van der Waals surface area contributed by atoms with Gasteiger partial charge in [0.1, 0.15) is 34.4 Å². The summed E-state index contributed by atoms with van der Waals surface area (Å²) in [6.07, 6.45) is 1.39. The number of nitrogens with zero attached hydrogens (tertiary/aromatic N) is 6. The second kappa shape index (κ2) is 15.6.